The maximum Gasteiger partial charge on any atom is 0.307 e. The third-order valence-electron chi connectivity index (χ3n) is 4.49. The molecule has 1 fully saturated rings. The van der Waals surface area contributed by atoms with E-state index < -0.39 is 0 Å². The lowest BCUT2D eigenvalue weighted by Gasteiger charge is -2.34. The SMILES string of the molecule is Cc1csc(=O)n1CC(=O)N1CCN(CC(=O)Nc2ccc(F)cc2)CC1. The van der Waals surface area contributed by atoms with Gasteiger partial charge in [-0.1, -0.05) is 11.3 Å². The number of anilines is 1. The molecule has 1 aromatic heterocycles. The first-order valence-corrected chi connectivity index (χ1v) is 9.51. The van der Waals surface area contributed by atoms with E-state index in [1.54, 1.807) is 10.3 Å². The van der Waals surface area contributed by atoms with Gasteiger partial charge in [-0.05, 0) is 31.2 Å². The minimum atomic E-state index is -0.353. The Morgan fingerprint density at radius 1 is 1.11 bits per heavy atom. The number of benzene rings is 1. The van der Waals surface area contributed by atoms with Crippen molar-refractivity contribution in [2.45, 2.75) is 13.5 Å². The molecule has 7 nitrogen and oxygen atoms in total. The quantitative estimate of drug-likeness (QED) is 0.828. The number of piperazine rings is 1. The zero-order valence-electron chi connectivity index (χ0n) is 15.0. The fraction of sp³-hybridized carbons (Fsp3) is 0.389. The molecule has 0 radical (unpaired) electrons. The van der Waals surface area contributed by atoms with Crippen LogP contribution in [0.25, 0.3) is 0 Å². The molecule has 2 heterocycles. The lowest BCUT2D eigenvalue weighted by Crippen LogP contribution is -2.51. The van der Waals surface area contributed by atoms with Crippen molar-refractivity contribution in [3.63, 3.8) is 0 Å². The monoisotopic (exact) mass is 392 g/mol. The van der Waals surface area contributed by atoms with Crippen molar-refractivity contribution >= 4 is 28.8 Å². The Bertz CT molecular complexity index is 869. The number of hydrogen-bond acceptors (Lipinski definition) is 5. The minimum Gasteiger partial charge on any atom is -0.339 e. The molecule has 0 bridgehead atoms. The summed E-state index contributed by atoms with van der Waals surface area (Å²) < 4.78 is 14.4. The van der Waals surface area contributed by atoms with Gasteiger partial charge in [0.05, 0.1) is 6.54 Å². The first kappa shape index (κ1) is 19.2. The van der Waals surface area contributed by atoms with Crippen molar-refractivity contribution in [2.24, 2.45) is 0 Å². The predicted molar refractivity (Wildman–Crippen MR) is 101 cm³/mol. The van der Waals surface area contributed by atoms with E-state index in [2.05, 4.69) is 5.32 Å². The first-order chi connectivity index (χ1) is 12.9. The van der Waals surface area contributed by atoms with E-state index in [4.69, 9.17) is 0 Å². The summed E-state index contributed by atoms with van der Waals surface area (Å²) in [5, 5.41) is 4.47. The van der Waals surface area contributed by atoms with Crippen LogP contribution < -0.4 is 10.2 Å². The number of nitrogens with zero attached hydrogens (tertiary/aromatic N) is 3. The van der Waals surface area contributed by atoms with E-state index in [9.17, 15) is 18.8 Å². The highest BCUT2D eigenvalue weighted by atomic mass is 32.1. The highest BCUT2D eigenvalue weighted by Crippen LogP contribution is 2.09. The molecule has 1 aliphatic heterocycles. The van der Waals surface area contributed by atoms with Crippen molar-refractivity contribution in [3.8, 4) is 0 Å². The van der Waals surface area contributed by atoms with Gasteiger partial charge in [0.2, 0.25) is 11.8 Å². The van der Waals surface area contributed by atoms with E-state index in [1.807, 2.05) is 11.8 Å². The molecule has 3 rings (SSSR count). The second kappa shape index (κ2) is 8.45. The normalized spacial score (nSPS) is 15.0. The number of aromatic nitrogens is 1. The van der Waals surface area contributed by atoms with Gasteiger partial charge >= 0.3 is 4.87 Å². The zero-order valence-corrected chi connectivity index (χ0v) is 15.8. The molecular formula is C18H21FN4O3S. The summed E-state index contributed by atoms with van der Waals surface area (Å²) in [5.74, 6) is -0.621. The molecule has 0 aliphatic carbocycles. The summed E-state index contributed by atoms with van der Waals surface area (Å²) in [5.41, 5.74) is 1.33. The summed E-state index contributed by atoms with van der Waals surface area (Å²) in [6, 6.07) is 5.61. The van der Waals surface area contributed by atoms with Crippen molar-refractivity contribution < 1.29 is 14.0 Å². The lowest BCUT2D eigenvalue weighted by molar-refractivity contribution is -0.133. The molecule has 0 spiro atoms. The van der Waals surface area contributed by atoms with E-state index in [0.717, 1.165) is 17.0 Å². The average molecular weight is 392 g/mol. The predicted octanol–water partition coefficient (Wildman–Crippen LogP) is 1.14. The molecule has 144 valence electrons. The van der Waals surface area contributed by atoms with E-state index in [0.29, 0.717) is 31.9 Å². The van der Waals surface area contributed by atoms with Crippen LogP contribution in [0.5, 0.6) is 0 Å². The minimum absolute atomic E-state index is 0.0548. The average Bonchev–Trinajstić information content (AvgIpc) is 2.96. The number of aryl methyl sites for hydroxylation is 1. The van der Waals surface area contributed by atoms with E-state index in [-0.39, 0.29) is 35.6 Å². The number of rotatable bonds is 5. The number of thiazole rings is 1. The van der Waals surface area contributed by atoms with Gasteiger partial charge in [-0.2, -0.15) is 0 Å². The van der Waals surface area contributed by atoms with Crippen molar-refractivity contribution in [3.05, 3.63) is 50.8 Å². The highest BCUT2D eigenvalue weighted by molar-refractivity contribution is 7.07. The molecule has 1 aromatic carbocycles. The van der Waals surface area contributed by atoms with Gasteiger partial charge in [-0.3, -0.25) is 23.9 Å². The first-order valence-electron chi connectivity index (χ1n) is 8.63. The Hall–Kier alpha value is -2.52. The summed E-state index contributed by atoms with van der Waals surface area (Å²) in [4.78, 5) is 39.8. The maximum absolute atomic E-state index is 12.9. The molecule has 2 amide bonds. The Morgan fingerprint density at radius 2 is 1.78 bits per heavy atom. The Labute approximate surface area is 160 Å². The maximum atomic E-state index is 12.9. The van der Waals surface area contributed by atoms with Crippen LogP contribution in [-0.4, -0.2) is 58.9 Å². The van der Waals surface area contributed by atoms with Crippen LogP contribution in [0.3, 0.4) is 0 Å². The fourth-order valence-corrected chi connectivity index (χ4v) is 3.66. The van der Waals surface area contributed by atoms with Crippen LogP contribution in [0.2, 0.25) is 0 Å². The van der Waals surface area contributed by atoms with E-state index >= 15 is 0 Å². The number of nitrogens with one attached hydrogen (secondary N) is 1. The van der Waals surface area contributed by atoms with Crippen LogP contribution >= 0.6 is 11.3 Å². The summed E-state index contributed by atoms with van der Waals surface area (Å²) >= 11 is 1.09. The number of carbonyl (C=O) groups is 2. The molecular weight excluding hydrogens is 371 g/mol. The van der Waals surface area contributed by atoms with E-state index in [1.165, 1.54) is 28.8 Å². The van der Waals surface area contributed by atoms with Gasteiger partial charge in [0.15, 0.2) is 0 Å². The van der Waals surface area contributed by atoms with Gasteiger partial charge < -0.3 is 10.2 Å². The third-order valence-corrected chi connectivity index (χ3v) is 5.37. The molecule has 0 atom stereocenters. The molecule has 1 saturated heterocycles. The van der Waals surface area contributed by atoms with Gasteiger partial charge in [-0.25, -0.2) is 4.39 Å². The van der Waals surface area contributed by atoms with Gasteiger partial charge in [0.1, 0.15) is 12.4 Å². The summed E-state index contributed by atoms with van der Waals surface area (Å²) in [6.07, 6.45) is 0. The molecule has 9 heteroatoms. The van der Waals surface area contributed by atoms with Crippen molar-refractivity contribution in [1.82, 2.24) is 14.4 Å². The van der Waals surface area contributed by atoms with Crippen molar-refractivity contribution in [2.75, 3.05) is 38.0 Å². The van der Waals surface area contributed by atoms with Crippen LogP contribution in [0.4, 0.5) is 10.1 Å². The van der Waals surface area contributed by atoms with Crippen LogP contribution in [0.15, 0.2) is 34.4 Å². The second-order valence-corrected chi connectivity index (χ2v) is 7.26. The third kappa shape index (κ3) is 5.01. The smallest absolute Gasteiger partial charge is 0.307 e. The largest absolute Gasteiger partial charge is 0.339 e. The van der Waals surface area contributed by atoms with Crippen LogP contribution in [0, 0.1) is 12.7 Å². The molecule has 27 heavy (non-hydrogen) atoms. The summed E-state index contributed by atoms with van der Waals surface area (Å²) in [6.45, 7) is 4.27. The standard InChI is InChI=1S/C18H21FN4O3S/c1-13-12-27-18(26)23(13)11-17(25)22-8-6-21(7-9-22)10-16(24)20-15-4-2-14(19)3-5-15/h2-5,12H,6-11H2,1H3,(H,20,24). The van der Waals surface area contributed by atoms with Gasteiger partial charge in [0, 0.05) is 42.9 Å². The zero-order chi connectivity index (χ0) is 19.4. The Kier molecular flexibility index (Phi) is 6.02. The summed E-state index contributed by atoms with van der Waals surface area (Å²) in [7, 11) is 0. The van der Waals surface area contributed by atoms with Crippen LogP contribution in [-0.2, 0) is 16.1 Å². The van der Waals surface area contributed by atoms with Crippen LogP contribution in [0.1, 0.15) is 5.69 Å². The molecule has 2 aromatic rings. The fourth-order valence-electron chi connectivity index (χ4n) is 2.92. The van der Waals surface area contributed by atoms with Gasteiger partial charge in [0.25, 0.3) is 0 Å². The molecule has 0 unspecified atom stereocenters. The topological polar surface area (TPSA) is 74.7 Å². The Morgan fingerprint density at radius 3 is 2.37 bits per heavy atom. The Balaban J connectivity index is 1.45. The number of amides is 2. The molecule has 1 N–H and O–H groups in total. The van der Waals surface area contributed by atoms with Gasteiger partial charge in [-0.15, -0.1) is 0 Å². The number of hydrogen-bond donors (Lipinski definition) is 1. The molecule has 0 saturated carbocycles. The molecule has 1 aliphatic rings. The highest BCUT2D eigenvalue weighted by Gasteiger charge is 2.23. The number of carbonyl (C=O) groups excluding carboxylic acids is 2. The van der Waals surface area contributed by atoms with Crippen molar-refractivity contribution in [1.29, 1.82) is 0 Å². The lowest BCUT2D eigenvalue weighted by atomic mass is 10.3. The number of halogens is 1. The second-order valence-electron chi connectivity index (χ2n) is 6.44.